The molecule has 2 rings (SSSR count). The third kappa shape index (κ3) is 3.93. The first-order chi connectivity index (χ1) is 9.16. The summed E-state index contributed by atoms with van der Waals surface area (Å²) >= 11 is 3.30. The zero-order valence-corrected chi connectivity index (χ0v) is 12.5. The average Bonchev–Trinajstić information content (AvgIpc) is 2.46. The summed E-state index contributed by atoms with van der Waals surface area (Å²) in [6.45, 7) is 7.84. The van der Waals surface area contributed by atoms with Crippen LogP contribution in [0.4, 0.5) is 0 Å². The van der Waals surface area contributed by atoms with E-state index in [0.29, 0.717) is 0 Å². The maximum Gasteiger partial charge on any atom is 0.0103 e. The Labute approximate surface area is 123 Å². The van der Waals surface area contributed by atoms with Gasteiger partial charge in [-0.15, -0.1) is 0 Å². The Morgan fingerprint density at radius 3 is 2.42 bits per heavy atom. The highest BCUT2D eigenvalue weighted by Gasteiger charge is 2.03. The second-order valence-corrected chi connectivity index (χ2v) is 5.56. The van der Waals surface area contributed by atoms with Crippen molar-refractivity contribution in [2.75, 3.05) is 0 Å². The van der Waals surface area contributed by atoms with E-state index in [9.17, 15) is 0 Å². The maximum atomic E-state index is 4.06. The van der Waals surface area contributed by atoms with E-state index in [1.807, 2.05) is 12.2 Å². The summed E-state index contributed by atoms with van der Waals surface area (Å²) in [5, 5.41) is 0. The fourth-order valence-corrected chi connectivity index (χ4v) is 2.16. The highest BCUT2D eigenvalue weighted by atomic mass is 79.9. The lowest BCUT2D eigenvalue weighted by Crippen LogP contribution is -1.88. The first kappa shape index (κ1) is 13.8. The summed E-state index contributed by atoms with van der Waals surface area (Å²) in [5.74, 6) is 0. The van der Waals surface area contributed by atoms with Gasteiger partial charge in [-0.3, -0.25) is 0 Å². The van der Waals surface area contributed by atoms with Crippen molar-refractivity contribution in [3.05, 3.63) is 83.4 Å². The minimum Gasteiger partial charge on any atom is -0.0912 e. The standard InChI is InChI=1S/C18H17Br/c1-14(8-9-15(2)19)16-10-12-18(13-11-16)17-6-4-3-5-7-17/h3-4,6,8-13H,1-2,5,7H2/b9-8-. The van der Waals surface area contributed by atoms with Crippen molar-refractivity contribution in [1.82, 2.24) is 0 Å². The van der Waals surface area contributed by atoms with Crippen LogP contribution in [0.2, 0.25) is 0 Å². The zero-order valence-electron chi connectivity index (χ0n) is 10.9. The van der Waals surface area contributed by atoms with Gasteiger partial charge < -0.3 is 0 Å². The number of hydrogen-bond acceptors (Lipinski definition) is 0. The van der Waals surface area contributed by atoms with Crippen molar-refractivity contribution < 1.29 is 0 Å². The van der Waals surface area contributed by atoms with Gasteiger partial charge in [-0.2, -0.15) is 0 Å². The lowest BCUT2D eigenvalue weighted by Gasteiger charge is -2.10. The van der Waals surface area contributed by atoms with Gasteiger partial charge in [0.1, 0.15) is 0 Å². The van der Waals surface area contributed by atoms with Crippen molar-refractivity contribution in [3.8, 4) is 0 Å². The maximum absolute atomic E-state index is 4.06. The molecule has 0 amide bonds. The molecular weight excluding hydrogens is 296 g/mol. The van der Waals surface area contributed by atoms with E-state index < -0.39 is 0 Å². The monoisotopic (exact) mass is 312 g/mol. The Morgan fingerprint density at radius 1 is 1.11 bits per heavy atom. The van der Waals surface area contributed by atoms with Crippen LogP contribution in [0.15, 0.2) is 72.3 Å². The lowest BCUT2D eigenvalue weighted by molar-refractivity contribution is 1.05. The number of allylic oxidation sites excluding steroid dienone is 8. The van der Waals surface area contributed by atoms with Crippen LogP contribution >= 0.6 is 15.9 Å². The third-order valence-corrected chi connectivity index (χ3v) is 3.37. The van der Waals surface area contributed by atoms with Gasteiger partial charge >= 0.3 is 0 Å². The fraction of sp³-hybridized carbons (Fsp3) is 0.111. The van der Waals surface area contributed by atoms with Gasteiger partial charge in [0, 0.05) is 4.48 Å². The Kier molecular flexibility index (Phi) is 4.75. The quantitative estimate of drug-likeness (QED) is 0.607. The number of halogens is 1. The number of rotatable bonds is 4. The van der Waals surface area contributed by atoms with Crippen LogP contribution in [0, 0.1) is 0 Å². The van der Waals surface area contributed by atoms with E-state index in [4.69, 9.17) is 0 Å². The van der Waals surface area contributed by atoms with E-state index in [-0.39, 0.29) is 0 Å². The molecule has 1 aromatic carbocycles. The summed E-state index contributed by atoms with van der Waals surface area (Å²) in [5.41, 5.74) is 4.84. The molecule has 1 aliphatic rings. The Hall–Kier alpha value is -1.60. The largest absolute Gasteiger partial charge is 0.0912 e. The predicted octanol–water partition coefficient (Wildman–Crippen LogP) is 5.90. The molecule has 0 unspecified atom stereocenters. The molecule has 1 aliphatic carbocycles. The van der Waals surface area contributed by atoms with Gasteiger partial charge in [0.15, 0.2) is 0 Å². The van der Waals surface area contributed by atoms with Crippen LogP contribution in [-0.4, -0.2) is 0 Å². The molecule has 0 N–H and O–H groups in total. The highest BCUT2D eigenvalue weighted by Crippen LogP contribution is 2.25. The van der Waals surface area contributed by atoms with Crippen LogP contribution in [0.5, 0.6) is 0 Å². The van der Waals surface area contributed by atoms with E-state index in [0.717, 1.165) is 28.5 Å². The second-order valence-electron chi connectivity index (χ2n) is 4.54. The SMILES string of the molecule is C=C(Br)/C=C\C(=C)c1ccc(C2=CC=CCC2)cc1. The fourth-order valence-electron chi connectivity index (χ4n) is 2.03. The molecule has 0 saturated heterocycles. The molecule has 0 saturated carbocycles. The number of benzene rings is 1. The number of hydrogen-bond donors (Lipinski definition) is 0. The average molecular weight is 313 g/mol. The van der Waals surface area contributed by atoms with Crippen molar-refractivity contribution >= 4 is 27.1 Å². The molecule has 0 fully saturated rings. The topological polar surface area (TPSA) is 0 Å². The van der Waals surface area contributed by atoms with Gasteiger partial charge in [-0.1, -0.05) is 77.7 Å². The highest BCUT2D eigenvalue weighted by molar-refractivity contribution is 9.11. The molecule has 1 heteroatoms. The van der Waals surface area contributed by atoms with Crippen molar-refractivity contribution in [2.24, 2.45) is 0 Å². The molecule has 0 bridgehead atoms. The molecule has 0 aromatic heterocycles. The first-order valence-electron chi connectivity index (χ1n) is 6.35. The summed E-state index contributed by atoms with van der Waals surface area (Å²) in [6.07, 6.45) is 12.7. The second kappa shape index (κ2) is 6.53. The molecule has 19 heavy (non-hydrogen) atoms. The van der Waals surface area contributed by atoms with Crippen LogP contribution in [0.3, 0.4) is 0 Å². The van der Waals surface area contributed by atoms with Gasteiger partial charge in [-0.25, -0.2) is 0 Å². The molecule has 0 aliphatic heterocycles. The molecule has 0 nitrogen and oxygen atoms in total. The molecule has 0 spiro atoms. The van der Waals surface area contributed by atoms with E-state index in [2.05, 4.69) is 71.6 Å². The van der Waals surface area contributed by atoms with E-state index >= 15 is 0 Å². The van der Waals surface area contributed by atoms with Crippen LogP contribution in [0.25, 0.3) is 11.1 Å². The molecule has 96 valence electrons. The smallest absolute Gasteiger partial charge is 0.0103 e. The Bertz CT molecular complexity index is 568. The van der Waals surface area contributed by atoms with Crippen molar-refractivity contribution in [3.63, 3.8) is 0 Å². The Morgan fingerprint density at radius 2 is 1.84 bits per heavy atom. The molecule has 0 radical (unpaired) electrons. The van der Waals surface area contributed by atoms with Crippen LogP contribution in [0.1, 0.15) is 24.0 Å². The molecular formula is C18H17Br. The van der Waals surface area contributed by atoms with Gasteiger partial charge in [0.05, 0.1) is 0 Å². The van der Waals surface area contributed by atoms with E-state index in [1.54, 1.807) is 0 Å². The summed E-state index contributed by atoms with van der Waals surface area (Å²) in [4.78, 5) is 0. The first-order valence-corrected chi connectivity index (χ1v) is 7.14. The van der Waals surface area contributed by atoms with Gasteiger partial charge in [0.25, 0.3) is 0 Å². The molecule has 1 aromatic rings. The molecule has 0 atom stereocenters. The summed E-state index contributed by atoms with van der Waals surface area (Å²) in [7, 11) is 0. The molecule has 0 heterocycles. The lowest BCUT2D eigenvalue weighted by atomic mass is 9.95. The minimum atomic E-state index is 0.851. The van der Waals surface area contributed by atoms with Crippen LogP contribution in [-0.2, 0) is 0 Å². The van der Waals surface area contributed by atoms with Gasteiger partial charge in [0.2, 0.25) is 0 Å². The van der Waals surface area contributed by atoms with Crippen molar-refractivity contribution in [2.45, 2.75) is 12.8 Å². The van der Waals surface area contributed by atoms with Gasteiger partial charge in [-0.05, 0) is 41.2 Å². The van der Waals surface area contributed by atoms with Crippen LogP contribution < -0.4 is 0 Å². The summed E-state index contributed by atoms with van der Waals surface area (Å²) in [6, 6.07) is 8.58. The zero-order chi connectivity index (χ0) is 13.7. The Balaban J connectivity index is 2.14. The van der Waals surface area contributed by atoms with Crippen molar-refractivity contribution in [1.29, 1.82) is 0 Å². The third-order valence-electron chi connectivity index (χ3n) is 3.11. The minimum absolute atomic E-state index is 0.851. The predicted molar refractivity (Wildman–Crippen MR) is 89.0 cm³/mol. The van der Waals surface area contributed by atoms with E-state index in [1.165, 1.54) is 11.1 Å². The normalized spacial score (nSPS) is 14.5. The summed E-state index contributed by atoms with van der Waals surface area (Å²) < 4.78 is 0.851.